The number of nitrogens with one attached hydrogen (secondary N) is 2. The van der Waals surface area contributed by atoms with Crippen molar-refractivity contribution < 1.29 is 0 Å². The van der Waals surface area contributed by atoms with E-state index in [9.17, 15) is 0 Å². The minimum Gasteiger partial charge on any atom is -0.320 e. The molecule has 0 aliphatic heterocycles. The first kappa shape index (κ1) is 22.1. The molecule has 0 aliphatic rings. The van der Waals surface area contributed by atoms with Gasteiger partial charge in [-0.1, -0.05) is 54.4 Å². The molecule has 0 aromatic carbocycles. The quantitative estimate of drug-likeness (QED) is 0.670. The Morgan fingerprint density at radius 1 is 0.824 bits per heavy atom. The van der Waals surface area contributed by atoms with Crippen LogP contribution in [0.3, 0.4) is 0 Å². The van der Waals surface area contributed by atoms with Gasteiger partial charge in [-0.15, -0.1) is 0 Å². The smallest absolute Gasteiger partial charge is 0.00765 e. The fourth-order valence-corrected chi connectivity index (χ4v) is 1.12. The molecule has 0 aromatic heterocycles. The van der Waals surface area contributed by atoms with Gasteiger partial charge in [0.15, 0.2) is 0 Å². The molecule has 1 atom stereocenters. The molecule has 0 amide bonds. The zero-order valence-corrected chi connectivity index (χ0v) is 13.5. The average molecular weight is 246 g/mol. The van der Waals surface area contributed by atoms with Crippen molar-refractivity contribution in [1.82, 2.24) is 10.6 Å². The Morgan fingerprint density at radius 2 is 1.35 bits per heavy atom. The lowest BCUT2D eigenvalue weighted by molar-refractivity contribution is 0.461. The van der Waals surface area contributed by atoms with Crippen molar-refractivity contribution in [2.24, 2.45) is 0 Å². The van der Waals surface area contributed by atoms with Crippen LogP contribution in [-0.4, -0.2) is 26.2 Å². The van der Waals surface area contributed by atoms with Crippen molar-refractivity contribution in [3.05, 3.63) is 0 Å². The third kappa shape index (κ3) is 25.9. The second-order valence-corrected chi connectivity index (χ2v) is 3.95. The third-order valence-electron chi connectivity index (χ3n) is 2.42. The Kier molecular flexibility index (Phi) is 32.5. The van der Waals surface area contributed by atoms with Crippen molar-refractivity contribution in [2.75, 3.05) is 20.1 Å². The minimum atomic E-state index is 0.711. The maximum atomic E-state index is 3.51. The van der Waals surface area contributed by atoms with Gasteiger partial charge in [0, 0.05) is 6.04 Å². The van der Waals surface area contributed by atoms with E-state index in [0.717, 1.165) is 13.1 Å². The molecule has 0 rings (SSSR count). The summed E-state index contributed by atoms with van der Waals surface area (Å²) in [7, 11) is 2.01. The second-order valence-electron chi connectivity index (χ2n) is 3.95. The molecule has 2 N–H and O–H groups in total. The molecule has 0 heterocycles. The molecule has 0 radical (unpaired) electrons. The van der Waals surface area contributed by atoms with E-state index < -0.39 is 0 Å². The van der Waals surface area contributed by atoms with Crippen molar-refractivity contribution in [3.63, 3.8) is 0 Å². The van der Waals surface area contributed by atoms with Crippen LogP contribution in [0.4, 0.5) is 0 Å². The molecule has 0 saturated heterocycles. The van der Waals surface area contributed by atoms with Crippen LogP contribution in [0.25, 0.3) is 0 Å². The highest BCUT2D eigenvalue weighted by Gasteiger charge is 2.02. The highest BCUT2D eigenvalue weighted by Crippen LogP contribution is 1.95. The van der Waals surface area contributed by atoms with Gasteiger partial charge < -0.3 is 10.6 Å². The van der Waals surface area contributed by atoms with Crippen molar-refractivity contribution in [2.45, 2.75) is 79.7 Å². The van der Waals surface area contributed by atoms with Gasteiger partial charge in [0.25, 0.3) is 0 Å². The Bertz CT molecular complexity index is 84.9. The normalized spacial score (nSPS) is 10.8. The van der Waals surface area contributed by atoms with Crippen LogP contribution in [0, 0.1) is 0 Å². The van der Waals surface area contributed by atoms with E-state index in [0.29, 0.717) is 6.04 Å². The Hall–Kier alpha value is -0.0800. The van der Waals surface area contributed by atoms with E-state index >= 15 is 0 Å². The number of hydrogen-bond acceptors (Lipinski definition) is 2. The molecule has 0 aliphatic carbocycles. The van der Waals surface area contributed by atoms with Gasteiger partial charge in [-0.25, -0.2) is 0 Å². The number of rotatable bonds is 8. The topological polar surface area (TPSA) is 24.1 Å². The zero-order chi connectivity index (χ0) is 13.9. The fourth-order valence-electron chi connectivity index (χ4n) is 1.12. The molecule has 2 nitrogen and oxygen atoms in total. The van der Waals surface area contributed by atoms with Crippen molar-refractivity contribution in [1.29, 1.82) is 0 Å². The number of unbranched alkanes of at least 4 members (excludes halogenated alkanes) is 1. The molecular formula is C15H38N2. The lowest BCUT2D eigenvalue weighted by Crippen LogP contribution is -2.31. The van der Waals surface area contributed by atoms with Gasteiger partial charge in [0.05, 0.1) is 0 Å². The third-order valence-corrected chi connectivity index (χ3v) is 2.42. The molecular weight excluding hydrogens is 208 g/mol. The molecule has 0 spiro atoms. The molecule has 0 bridgehead atoms. The van der Waals surface area contributed by atoms with E-state index in [1.54, 1.807) is 0 Å². The maximum absolute atomic E-state index is 3.51. The highest BCUT2D eigenvalue weighted by molar-refractivity contribution is 4.64. The zero-order valence-electron chi connectivity index (χ0n) is 13.5. The van der Waals surface area contributed by atoms with Crippen molar-refractivity contribution >= 4 is 0 Å². The van der Waals surface area contributed by atoms with Gasteiger partial charge in [-0.3, -0.25) is 0 Å². The number of hydrogen-bond donors (Lipinski definition) is 2. The second kappa shape index (κ2) is 24.9. The van der Waals surface area contributed by atoms with Gasteiger partial charge in [-0.2, -0.15) is 0 Å². The van der Waals surface area contributed by atoms with Crippen LogP contribution in [0.1, 0.15) is 73.6 Å². The first-order valence-corrected chi connectivity index (χ1v) is 7.64. The summed E-state index contributed by atoms with van der Waals surface area (Å²) in [6.45, 7) is 15.1. The summed E-state index contributed by atoms with van der Waals surface area (Å²) in [4.78, 5) is 0. The summed E-state index contributed by atoms with van der Waals surface area (Å²) in [5.74, 6) is 0. The first-order valence-electron chi connectivity index (χ1n) is 7.64. The summed E-state index contributed by atoms with van der Waals surface area (Å²) in [6, 6.07) is 0.711. The summed E-state index contributed by atoms with van der Waals surface area (Å²) in [5, 5.41) is 6.68. The van der Waals surface area contributed by atoms with Crippen LogP contribution >= 0.6 is 0 Å². The summed E-state index contributed by atoms with van der Waals surface area (Å²) >= 11 is 0. The van der Waals surface area contributed by atoms with E-state index in [1.165, 1.54) is 32.1 Å². The Labute approximate surface area is 111 Å². The fraction of sp³-hybridized carbons (Fsp3) is 1.00. The van der Waals surface area contributed by atoms with Gasteiger partial charge >= 0.3 is 0 Å². The monoisotopic (exact) mass is 246 g/mol. The van der Waals surface area contributed by atoms with E-state index in [-0.39, 0.29) is 0 Å². The van der Waals surface area contributed by atoms with Gasteiger partial charge in [0.2, 0.25) is 0 Å². The predicted molar refractivity (Wildman–Crippen MR) is 82.8 cm³/mol. The average Bonchev–Trinajstić information content (AvgIpc) is 2.41. The Morgan fingerprint density at radius 3 is 1.65 bits per heavy atom. The lowest BCUT2D eigenvalue weighted by Gasteiger charge is -2.15. The first-order chi connectivity index (χ1) is 8.26. The van der Waals surface area contributed by atoms with Crippen LogP contribution in [-0.2, 0) is 0 Å². The van der Waals surface area contributed by atoms with Gasteiger partial charge in [0.1, 0.15) is 0 Å². The highest BCUT2D eigenvalue weighted by atomic mass is 14.9. The van der Waals surface area contributed by atoms with E-state index in [1.807, 2.05) is 20.9 Å². The lowest BCUT2D eigenvalue weighted by atomic mass is 10.1. The SMILES string of the molecule is CC.CCCC.CCCNC(CC)CCNC. The van der Waals surface area contributed by atoms with Crippen molar-refractivity contribution in [3.8, 4) is 0 Å². The molecule has 0 saturated carbocycles. The summed E-state index contributed by atoms with van der Waals surface area (Å²) in [6.07, 6.45) is 6.35. The summed E-state index contributed by atoms with van der Waals surface area (Å²) in [5.41, 5.74) is 0. The maximum Gasteiger partial charge on any atom is 0.00765 e. The van der Waals surface area contributed by atoms with Gasteiger partial charge in [-0.05, 0) is 39.4 Å². The molecule has 108 valence electrons. The largest absolute Gasteiger partial charge is 0.320 e. The van der Waals surface area contributed by atoms with Crippen LogP contribution < -0.4 is 10.6 Å². The van der Waals surface area contributed by atoms with E-state index in [2.05, 4.69) is 38.3 Å². The van der Waals surface area contributed by atoms with Crippen LogP contribution in [0.2, 0.25) is 0 Å². The van der Waals surface area contributed by atoms with E-state index in [4.69, 9.17) is 0 Å². The molecule has 0 aromatic rings. The standard InChI is InChI=1S/C9H22N2.C4H10.C2H6/c1-4-7-11-9(5-2)6-8-10-3;1-3-4-2;1-2/h9-11H,4-8H2,1-3H3;3-4H2,1-2H3;1-2H3. The molecule has 1 unspecified atom stereocenters. The Balaban J connectivity index is -0.000000275. The predicted octanol–water partition coefficient (Wildman–Crippen LogP) is 4.21. The molecule has 17 heavy (non-hydrogen) atoms. The minimum absolute atomic E-state index is 0.711. The summed E-state index contributed by atoms with van der Waals surface area (Å²) < 4.78 is 0. The molecule has 0 fully saturated rings. The molecule has 2 heteroatoms. The van der Waals surface area contributed by atoms with Crippen LogP contribution in [0.15, 0.2) is 0 Å². The van der Waals surface area contributed by atoms with Crippen LogP contribution in [0.5, 0.6) is 0 Å².